The molecule has 0 unspecified atom stereocenters. The predicted octanol–water partition coefficient (Wildman–Crippen LogP) is 3.96. The van der Waals surface area contributed by atoms with Crippen LogP contribution in [0.2, 0.25) is 0 Å². The summed E-state index contributed by atoms with van der Waals surface area (Å²) >= 11 is 1.04. The van der Waals surface area contributed by atoms with Crippen molar-refractivity contribution in [1.82, 2.24) is 10.2 Å². The van der Waals surface area contributed by atoms with Crippen molar-refractivity contribution in [2.24, 2.45) is 0 Å². The van der Waals surface area contributed by atoms with Crippen molar-refractivity contribution in [2.75, 3.05) is 5.32 Å². The molecule has 2 rings (SSSR count). The minimum Gasteiger partial charge on any atom is -0.296 e. The molecule has 0 aliphatic carbocycles. The van der Waals surface area contributed by atoms with E-state index in [1.54, 1.807) is 0 Å². The maximum atomic E-state index is 12.2. The number of benzene rings is 1. The Morgan fingerprint density at radius 2 is 1.95 bits per heavy atom. The normalized spacial score (nSPS) is 11.4. The third kappa shape index (κ3) is 4.71. The summed E-state index contributed by atoms with van der Waals surface area (Å²) in [6, 6.07) is 5.19. The molecule has 9 heteroatoms. The molecule has 0 fully saturated rings. The first kappa shape index (κ1) is 15.8. The van der Waals surface area contributed by atoms with Crippen LogP contribution >= 0.6 is 23.1 Å². The maximum Gasteiger partial charge on any atom is 0.446 e. The van der Waals surface area contributed by atoms with Crippen molar-refractivity contribution >= 4 is 34.1 Å². The van der Waals surface area contributed by atoms with Gasteiger partial charge in [0.05, 0.1) is 0 Å². The molecule has 0 aliphatic heterocycles. The number of aryl methyl sites for hydroxylation is 1. The lowest BCUT2D eigenvalue weighted by molar-refractivity contribution is -0.0328. The molecular weight excluding hydrogens is 323 g/mol. The van der Waals surface area contributed by atoms with Crippen molar-refractivity contribution in [2.45, 2.75) is 23.7 Å². The van der Waals surface area contributed by atoms with Crippen LogP contribution in [-0.2, 0) is 6.42 Å². The van der Waals surface area contributed by atoms with Crippen molar-refractivity contribution in [3.8, 4) is 0 Å². The average molecular weight is 333 g/mol. The van der Waals surface area contributed by atoms with Crippen LogP contribution in [0, 0.1) is 0 Å². The molecule has 4 nitrogen and oxygen atoms in total. The molecule has 1 heterocycles. The first-order chi connectivity index (χ1) is 9.87. The highest BCUT2D eigenvalue weighted by atomic mass is 32.2. The molecule has 0 saturated carbocycles. The van der Waals surface area contributed by atoms with Gasteiger partial charge in [-0.25, -0.2) is 0 Å². The molecule has 0 saturated heterocycles. The molecule has 112 valence electrons. The second-order valence-electron chi connectivity index (χ2n) is 3.88. The lowest BCUT2D eigenvalue weighted by atomic mass is 10.2. The van der Waals surface area contributed by atoms with Crippen LogP contribution in [0.5, 0.6) is 0 Å². The number of carbonyl (C=O) groups is 1. The number of aromatic nitrogens is 2. The Morgan fingerprint density at radius 3 is 2.48 bits per heavy atom. The molecule has 1 aromatic carbocycles. The third-order valence-electron chi connectivity index (χ3n) is 2.34. The van der Waals surface area contributed by atoms with Crippen molar-refractivity contribution in [3.63, 3.8) is 0 Å². The molecule has 1 N–H and O–H groups in total. The molecule has 0 atom stereocenters. The highest BCUT2D eigenvalue weighted by molar-refractivity contribution is 8.00. The number of carbonyl (C=O) groups excluding carboxylic acids is 1. The van der Waals surface area contributed by atoms with E-state index >= 15 is 0 Å². The first-order valence-corrected chi connectivity index (χ1v) is 7.50. The highest BCUT2D eigenvalue weighted by Gasteiger charge is 2.29. The van der Waals surface area contributed by atoms with Crippen LogP contribution in [-0.4, -0.2) is 21.6 Å². The van der Waals surface area contributed by atoms with E-state index in [1.807, 2.05) is 6.92 Å². The lowest BCUT2D eigenvalue weighted by Gasteiger charge is -2.06. The molecule has 0 radical (unpaired) electrons. The lowest BCUT2D eigenvalue weighted by Crippen LogP contribution is -2.11. The summed E-state index contributed by atoms with van der Waals surface area (Å²) in [5, 5.41) is 11.4. The second-order valence-corrected chi connectivity index (χ2v) is 6.08. The molecule has 21 heavy (non-hydrogen) atoms. The topological polar surface area (TPSA) is 54.9 Å². The summed E-state index contributed by atoms with van der Waals surface area (Å²) in [5.41, 5.74) is -4.08. The molecule has 0 aliphatic rings. The fraction of sp³-hybridized carbons (Fsp3) is 0.250. The number of halogens is 3. The monoisotopic (exact) mass is 333 g/mol. The summed E-state index contributed by atoms with van der Waals surface area (Å²) in [7, 11) is 0. The van der Waals surface area contributed by atoms with Gasteiger partial charge in [-0.3, -0.25) is 10.1 Å². The van der Waals surface area contributed by atoms with E-state index in [0.717, 1.165) is 11.4 Å². The molecule has 2 aromatic rings. The van der Waals surface area contributed by atoms with Gasteiger partial charge < -0.3 is 0 Å². The fourth-order valence-corrected chi connectivity index (χ4v) is 2.64. The van der Waals surface area contributed by atoms with Gasteiger partial charge in [-0.15, -0.1) is 10.2 Å². The van der Waals surface area contributed by atoms with Crippen LogP contribution in [0.1, 0.15) is 22.3 Å². The molecule has 1 aromatic heterocycles. The van der Waals surface area contributed by atoms with Gasteiger partial charge in [0.15, 0.2) is 0 Å². The molecule has 1 amide bonds. The van der Waals surface area contributed by atoms with Crippen molar-refractivity contribution in [1.29, 1.82) is 0 Å². The van der Waals surface area contributed by atoms with E-state index in [9.17, 15) is 18.0 Å². The number of hydrogen-bond acceptors (Lipinski definition) is 5. The molecule has 0 spiro atoms. The third-order valence-corrected chi connectivity index (χ3v) is 4.06. The van der Waals surface area contributed by atoms with Crippen LogP contribution in [0.4, 0.5) is 18.3 Å². The maximum absolute atomic E-state index is 12.2. The summed E-state index contributed by atoms with van der Waals surface area (Å²) in [5.74, 6) is -0.433. The highest BCUT2D eigenvalue weighted by Crippen LogP contribution is 2.36. The zero-order chi connectivity index (χ0) is 15.5. The second kappa shape index (κ2) is 6.44. The smallest absolute Gasteiger partial charge is 0.296 e. The summed E-state index contributed by atoms with van der Waals surface area (Å²) in [6.07, 6.45) is 0.719. The van der Waals surface area contributed by atoms with E-state index in [1.165, 1.54) is 35.6 Å². The van der Waals surface area contributed by atoms with Gasteiger partial charge in [-0.2, -0.15) is 13.2 Å². The van der Waals surface area contributed by atoms with Gasteiger partial charge in [0, 0.05) is 10.5 Å². The van der Waals surface area contributed by atoms with Gasteiger partial charge >= 0.3 is 5.51 Å². The molecule has 0 bridgehead atoms. The van der Waals surface area contributed by atoms with Gasteiger partial charge in [0.1, 0.15) is 5.01 Å². The van der Waals surface area contributed by atoms with E-state index in [2.05, 4.69) is 15.5 Å². The van der Waals surface area contributed by atoms with Gasteiger partial charge in [0.2, 0.25) is 5.13 Å². The average Bonchev–Trinajstić information content (AvgIpc) is 2.85. The number of hydrogen-bond donors (Lipinski definition) is 1. The zero-order valence-corrected chi connectivity index (χ0v) is 12.4. The number of anilines is 1. The Labute approximate surface area is 126 Å². The van der Waals surface area contributed by atoms with Crippen LogP contribution < -0.4 is 5.32 Å². The minimum atomic E-state index is -4.34. The number of rotatable bonds is 4. The van der Waals surface area contributed by atoms with E-state index in [4.69, 9.17) is 0 Å². The van der Waals surface area contributed by atoms with Crippen LogP contribution in [0.15, 0.2) is 29.2 Å². The Kier molecular flexibility index (Phi) is 4.84. The van der Waals surface area contributed by atoms with E-state index < -0.39 is 11.4 Å². The Hall–Kier alpha value is -1.61. The van der Waals surface area contributed by atoms with Crippen molar-refractivity contribution in [3.05, 3.63) is 34.8 Å². The van der Waals surface area contributed by atoms with Crippen LogP contribution in [0.3, 0.4) is 0 Å². The summed E-state index contributed by atoms with van der Waals surface area (Å²) in [4.78, 5) is 11.9. The Morgan fingerprint density at radius 1 is 1.29 bits per heavy atom. The summed E-state index contributed by atoms with van der Waals surface area (Å²) < 4.78 is 36.6. The van der Waals surface area contributed by atoms with E-state index in [-0.39, 0.29) is 22.2 Å². The van der Waals surface area contributed by atoms with Gasteiger partial charge in [-0.1, -0.05) is 18.3 Å². The number of amides is 1. The predicted molar refractivity (Wildman–Crippen MR) is 75.6 cm³/mol. The van der Waals surface area contributed by atoms with Crippen LogP contribution in [0.25, 0.3) is 0 Å². The standard InChI is InChI=1S/C12H10F3N3OS2/c1-2-9-17-18-11(20-9)16-10(19)7-3-5-8(6-4-7)21-12(13,14)15/h3-6H,2H2,1H3,(H,16,18,19). The first-order valence-electron chi connectivity index (χ1n) is 5.87. The van der Waals surface area contributed by atoms with Gasteiger partial charge in [-0.05, 0) is 42.4 Å². The summed E-state index contributed by atoms with van der Waals surface area (Å²) in [6.45, 7) is 1.92. The fourth-order valence-electron chi connectivity index (χ4n) is 1.42. The number of nitrogens with zero attached hydrogens (tertiary/aromatic N) is 2. The Bertz CT molecular complexity index is 625. The number of thioether (sulfide) groups is 1. The number of alkyl halides is 3. The Balaban J connectivity index is 2.02. The van der Waals surface area contributed by atoms with Crippen molar-refractivity contribution < 1.29 is 18.0 Å². The largest absolute Gasteiger partial charge is 0.446 e. The number of nitrogens with one attached hydrogen (secondary N) is 1. The van der Waals surface area contributed by atoms with Gasteiger partial charge in [0.25, 0.3) is 5.91 Å². The molecular formula is C12H10F3N3OS2. The zero-order valence-electron chi connectivity index (χ0n) is 10.8. The van der Waals surface area contributed by atoms with E-state index in [0.29, 0.717) is 5.13 Å². The SMILES string of the molecule is CCc1nnc(NC(=O)c2ccc(SC(F)(F)F)cc2)s1. The minimum absolute atomic E-state index is 0.0308. The quantitative estimate of drug-likeness (QED) is 0.861.